The molecule has 0 amide bonds. The van der Waals surface area contributed by atoms with Crippen molar-refractivity contribution in [2.45, 2.75) is 51.6 Å². The molecule has 4 nitrogen and oxygen atoms in total. The first kappa shape index (κ1) is 14.4. The van der Waals surface area contributed by atoms with E-state index in [9.17, 15) is 5.11 Å². The zero-order chi connectivity index (χ0) is 13.5. The molecule has 106 valence electrons. The van der Waals surface area contributed by atoms with Gasteiger partial charge in [0.1, 0.15) is 6.33 Å². The molecule has 19 heavy (non-hydrogen) atoms. The van der Waals surface area contributed by atoms with Crippen LogP contribution in [0.25, 0.3) is 0 Å². The third-order valence-electron chi connectivity index (χ3n) is 4.30. The normalized spacial score (nSPS) is 23.7. The topological polar surface area (TPSA) is 49.2 Å². The van der Waals surface area contributed by atoms with Gasteiger partial charge in [0.25, 0.3) is 0 Å². The summed E-state index contributed by atoms with van der Waals surface area (Å²) < 4.78 is 0. The molecule has 1 aromatic heterocycles. The van der Waals surface area contributed by atoms with Gasteiger partial charge in [0, 0.05) is 37.1 Å². The third-order valence-corrected chi connectivity index (χ3v) is 4.30. The maximum atomic E-state index is 9.27. The van der Waals surface area contributed by atoms with Gasteiger partial charge in [0.2, 0.25) is 0 Å². The van der Waals surface area contributed by atoms with Crippen molar-refractivity contribution in [1.29, 1.82) is 0 Å². The first-order chi connectivity index (χ1) is 9.33. The summed E-state index contributed by atoms with van der Waals surface area (Å²) in [5.74, 6) is 0.910. The van der Waals surface area contributed by atoms with Gasteiger partial charge in [-0.3, -0.25) is 4.90 Å². The molecule has 1 aromatic rings. The van der Waals surface area contributed by atoms with Crippen molar-refractivity contribution in [1.82, 2.24) is 14.9 Å². The quantitative estimate of drug-likeness (QED) is 0.855. The van der Waals surface area contributed by atoms with E-state index in [1.54, 1.807) is 6.33 Å². The number of aliphatic hydroxyl groups is 1. The highest BCUT2D eigenvalue weighted by Gasteiger charge is 2.24. The first-order valence-corrected chi connectivity index (χ1v) is 7.42. The molecule has 0 saturated heterocycles. The van der Waals surface area contributed by atoms with E-state index in [-0.39, 0.29) is 6.61 Å². The first-order valence-electron chi connectivity index (χ1n) is 7.42. The average molecular weight is 263 g/mol. The Labute approximate surface area is 115 Å². The SMILES string of the molecule is CCC1CCC(N(CCO)Cc2cncnc2)CC1. The van der Waals surface area contributed by atoms with E-state index in [2.05, 4.69) is 21.8 Å². The monoisotopic (exact) mass is 263 g/mol. The van der Waals surface area contributed by atoms with Crippen molar-refractivity contribution in [2.24, 2.45) is 5.92 Å². The van der Waals surface area contributed by atoms with Crippen LogP contribution in [0.3, 0.4) is 0 Å². The number of hydrogen-bond donors (Lipinski definition) is 1. The Hall–Kier alpha value is -1.00. The van der Waals surface area contributed by atoms with E-state index in [1.165, 1.54) is 32.1 Å². The molecule has 1 aliphatic rings. The molecule has 0 aromatic carbocycles. The molecule has 0 atom stereocenters. The highest BCUT2D eigenvalue weighted by atomic mass is 16.3. The summed E-state index contributed by atoms with van der Waals surface area (Å²) in [6, 6.07) is 0.607. The molecule has 1 heterocycles. The summed E-state index contributed by atoms with van der Waals surface area (Å²) in [7, 11) is 0. The van der Waals surface area contributed by atoms with E-state index < -0.39 is 0 Å². The molecule has 2 rings (SSSR count). The molecule has 0 radical (unpaired) electrons. The number of hydrogen-bond acceptors (Lipinski definition) is 4. The molecular formula is C15H25N3O. The summed E-state index contributed by atoms with van der Waals surface area (Å²) in [4.78, 5) is 10.5. The van der Waals surface area contributed by atoms with Gasteiger partial charge in [0.05, 0.1) is 6.61 Å². The Morgan fingerprint density at radius 1 is 1.21 bits per heavy atom. The van der Waals surface area contributed by atoms with Gasteiger partial charge in [0.15, 0.2) is 0 Å². The molecule has 0 unspecified atom stereocenters. The molecule has 0 aliphatic heterocycles. The minimum atomic E-state index is 0.224. The lowest BCUT2D eigenvalue weighted by atomic mass is 9.84. The molecule has 0 spiro atoms. The molecule has 1 N–H and O–H groups in total. The largest absolute Gasteiger partial charge is 0.395 e. The number of aromatic nitrogens is 2. The number of aliphatic hydroxyl groups excluding tert-OH is 1. The molecule has 1 fully saturated rings. The predicted molar refractivity (Wildman–Crippen MR) is 75.6 cm³/mol. The van der Waals surface area contributed by atoms with E-state index in [4.69, 9.17) is 0 Å². The summed E-state index contributed by atoms with van der Waals surface area (Å²) >= 11 is 0. The van der Waals surface area contributed by atoms with Crippen molar-refractivity contribution in [3.05, 3.63) is 24.3 Å². The second kappa shape index (κ2) is 7.56. The van der Waals surface area contributed by atoms with Gasteiger partial charge in [-0.15, -0.1) is 0 Å². The fourth-order valence-electron chi connectivity index (χ4n) is 3.08. The fraction of sp³-hybridized carbons (Fsp3) is 0.733. The Morgan fingerprint density at radius 2 is 1.89 bits per heavy atom. The van der Waals surface area contributed by atoms with Gasteiger partial charge in [-0.1, -0.05) is 13.3 Å². The van der Waals surface area contributed by atoms with E-state index in [0.717, 1.165) is 24.6 Å². The molecule has 1 saturated carbocycles. The van der Waals surface area contributed by atoms with Crippen LogP contribution in [0.1, 0.15) is 44.6 Å². The van der Waals surface area contributed by atoms with Crippen LogP contribution in [0.2, 0.25) is 0 Å². The molecule has 0 bridgehead atoms. The summed E-state index contributed by atoms with van der Waals surface area (Å²) in [5.41, 5.74) is 1.13. The molecular weight excluding hydrogens is 238 g/mol. The van der Waals surface area contributed by atoms with Crippen LogP contribution in [0.5, 0.6) is 0 Å². The summed E-state index contributed by atoms with van der Waals surface area (Å²) in [5, 5.41) is 9.27. The molecule has 1 aliphatic carbocycles. The number of rotatable bonds is 6. The van der Waals surface area contributed by atoms with E-state index >= 15 is 0 Å². The van der Waals surface area contributed by atoms with Crippen LogP contribution in [-0.2, 0) is 6.54 Å². The Bertz CT molecular complexity index is 350. The van der Waals surface area contributed by atoms with Crippen LogP contribution in [0.4, 0.5) is 0 Å². The summed E-state index contributed by atoms with van der Waals surface area (Å²) in [6.45, 7) is 4.11. The lowest BCUT2D eigenvalue weighted by molar-refractivity contribution is 0.103. The van der Waals surface area contributed by atoms with E-state index in [1.807, 2.05) is 12.4 Å². The van der Waals surface area contributed by atoms with Gasteiger partial charge < -0.3 is 5.11 Å². The highest BCUT2D eigenvalue weighted by Crippen LogP contribution is 2.29. The lowest BCUT2D eigenvalue weighted by Gasteiger charge is -2.36. The van der Waals surface area contributed by atoms with Gasteiger partial charge in [-0.25, -0.2) is 9.97 Å². The smallest absolute Gasteiger partial charge is 0.115 e. The van der Waals surface area contributed by atoms with Crippen LogP contribution < -0.4 is 0 Å². The van der Waals surface area contributed by atoms with Gasteiger partial charge in [-0.05, 0) is 31.6 Å². The van der Waals surface area contributed by atoms with Crippen molar-refractivity contribution >= 4 is 0 Å². The summed E-state index contributed by atoms with van der Waals surface area (Å²) in [6.07, 6.45) is 11.8. The van der Waals surface area contributed by atoms with Crippen molar-refractivity contribution in [3.63, 3.8) is 0 Å². The minimum Gasteiger partial charge on any atom is -0.395 e. The van der Waals surface area contributed by atoms with Crippen LogP contribution in [0, 0.1) is 5.92 Å². The highest BCUT2D eigenvalue weighted by molar-refractivity contribution is 5.02. The Balaban J connectivity index is 1.92. The second-order valence-electron chi connectivity index (χ2n) is 5.52. The Morgan fingerprint density at radius 3 is 2.47 bits per heavy atom. The van der Waals surface area contributed by atoms with Crippen molar-refractivity contribution < 1.29 is 5.11 Å². The van der Waals surface area contributed by atoms with Crippen molar-refractivity contribution in [3.8, 4) is 0 Å². The maximum absolute atomic E-state index is 9.27. The Kier molecular flexibility index (Phi) is 5.73. The number of nitrogens with zero attached hydrogens (tertiary/aromatic N) is 3. The zero-order valence-corrected chi connectivity index (χ0v) is 11.8. The average Bonchev–Trinajstić information content (AvgIpc) is 2.48. The maximum Gasteiger partial charge on any atom is 0.115 e. The standard InChI is InChI=1S/C15H25N3O/c1-2-13-3-5-15(6-4-13)18(7-8-19)11-14-9-16-12-17-10-14/h9-10,12-13,15,19H,2-8,11H2,1H3. The van der Waals surface area contributed by atoms with Crippen LogP contribution in [0.15, 0.2) is 18.7 Å². The minimum absolute atomic E-state index is 0.224. The van der Waals surface area contributed by atoms with Gasteiger partial charge in [-0.2, -0.15) is 0 Å². The van der Waals surface area contributed by atoms with E-state index in [0.29, 0.717) is 6.04 Å². The molecule has 4 heteroatoms. The second-order valence-corrected chi connectivity index (χ2v) is 5.52. The van der Waals surface area contributed by atoms with Gasteiger partial charge >= 0.3 is 0 Å². The fourth-order valence-corrected chi connectivity index (χ4v) is 3.08. The third kappa shape index (κ3) is 4.25. The van der Waals surface area contributed by atoms with Crippen molar-refractivity contribution in [2.75, 3.05) is 13.2 Å². The zero-order valence-electron chi connectivity index (χ0n) is 11.8. The van der Waals surface area contributed by atoms with Crippen LogP contribution >= 0.6 is 0 Å². The predicted octanol–water partition coefficient (Wildman–Crippen LogP) is 2.24. The van der Waals surface area contributed by atoms with Crippen LogP contribution in [-0.4, -0.2) is 39.2 Å². The lowest BCUT2D eigenvalue weighted by Crippen LogP contribution is -2.39.